The van der Waals surface area contributed by atoms with E-state index in [1.54, 1.807) is 13.8 Å². The summed E-state index contributed by atoms with van der Waals surface area (Å²) in [4.78, 5) is 98.7. The molecule has 4 bridgehead atoms. The maximum absolute atomic E-state index is 12.8. The van der Waals surface area contributed by atoms with Gasteiger partial charge in [-0.3, -0.25) is 58.0 Å². The van der Waals surface area contributed by atoms with Gasteiger partial charge in [0.15, 0.2) is 0 Å². The van der Waals surface area contributed by atoms with Crippen LogP contribution in [-0.4, -0.2) is 93.0 Å². The molecule has 8 unspecified atom stereocenters. The Kier molecular flexibility index (Phi) is 9.81. The Balaban J connectivity index is 0.000000142. The van der Waals surface area contributed by atoms with Crippen molar-refractivity contribution >= 4 is 47.3 Å². The lowest BCUT2D eigenvalue weighted by molar-refractivity contribution is -0.144. The van der Waals surface area contributed by atoms with Gasteiger partial charge in [0.1, 0.15) is 0 Å². The van der Waals surface area contributed by atoms with Crippen molar-refractivity contribution < 1.29 is 38.4 Å². The highest BCUT2D eigenvalue weighted by Gasteiger charge is 2.52. The fourth-order valence-electron chi connectivity index (χ4n) is 9.59. The summed E-state index contributed by atoms with van der Waals surface area (Å²) in [6.45, 7) is 5.49. The SMILES string of the molecule is CCN1C(=O)C=CC1=O.CCN1C(=O)CC(C2CC(=O)N(CC3CC4CCC3C4)C2=O)C1=O.O=C1C=CC(=O)N1CC1CC2CCC1C2. The summed E-state index contributed by atoms with van der Waals surface area (Å²) in [7, 11) is 0. The maximum atomic E-state index is 12.8. The number of likely N-dealkylation sites (N-methyl/N-ethyl adjacent to an activating group) is 1. The van der Waals surface area contributed by atoms with Crippen LogP contribution in [0.25, 0.3) is 0 Å². The van der Waals surface area contributed by atoms with Crippen LogP contribution in [-0.2, 0) is 38.4 Å². The van der Waals surface area contributed by atoms with Gasteiger partial charge < -0.3 is 0 Å². The lowest BCUT2D eigenvalue weighted by Crippen LogP contribution is -2.39. The Hall–Kier alpha value is -3.96. The van der Waals surface area contributed by atoms with Gasteiger partial charge in [0, 0.05) is 63.3 Å². The van der Waals surface area contributed by atoms with E-state index < -0.39 is 11.8 Å². The average Bonchev–Trinajstić information content (AvgIpc) is 3.95. The van der Waals surface area contributed by atoms with Crippen LogP contribution in [0, 0.1) is 47.3 Å². The molecule has 12 heteroatoms. The fraction of sp³-hybridized carbons (Fsp3) is 0.667. The summed E-state index contributed by atoms with van der Waals surface area (Å²) in [6.07, 6.45) is 15.6. The first-order valence-electron chi connectivity index (χ1n) is 17.7. The second kappa shape index (κ2) is 13.9. The van der Waals surface area contributed by atoms with E-state index in [9.17, 15) is 38.4 Å². The quantitative estimate of drug-likeness (QED) is 0.378. The van der Waals surface area contributed by atoms with Crippen molar-refractivity contribution in [2.24, 2.45) is 47.3 Å². The Labute approximate surface area is 280 Å². The summed E-state index contributed by atoms with van der Waals surface area (Å²) < 4.78 is 0. The molecule has 4 saturated carbocycles. The van der Waals surface area contributed by atoms with Crippen LogP contribution in [0.1, 0.15) is 78.1 Å². The maximum Gasteiger partial charge on any atom is 0.253 e. The molecule has 0 spiro atoms. The third-order valence-corrected chi connectivity index (χ3v) is 12.1. The third-order valence-electron chi connectivity index (χ3n) is 12.1. The molecule has 4 aliphatic carbocycles. The number of nitrogens with zero attached hydrogens (tertiary/aromatic N) is 4. The molecule has 0 radical (unpaired) electrons. The van der Waals surface area contributed by atoms with Gasteiger partial charge >= 0.3 is 0 Å². The van der Waals surface area contributed by atoms with Crippen LogP contribution in [0.4, 0.5) is 0 Å². The number of carbonyl (C=O) groups excluding carboxylic acids is 8. The number of imide groups is 4. The van der Waals surface area contributed by atoms with Gasteiger partial charge in [-0.25, -0.2) is 0 Å². The van der Waals surface area contributed by atoms with Gasteiger partial charge in [0.05, 0.1) is 11.8 Å². The van der Waals surface area contributed by atoms with Crippen LogP contribution in [0.5, 0.6) is 0 Å². The lowest BCUT2D eigenvalue weighted by atomic mass is 9.88. The van der Waals surface area contributed by atoms with E-state index in [0.717, 1.165) is 24.2 Å². The van der Waals surface area contributed by atoms with Crippen molar-refractivity contribution in [1.29, 1.82) is 0 Å². The first kappa shape index (κ1) is 33.9. The van der Waals surface area contributed by atoms with Gasteiger partial charge in [-0.2, -0.15) is 0 Å². The molecule has 4 heterocycles. The Morgan fingerprint density at radius 2 is 0.896 bits per heavy atom. The van der Waals surface area contributed by atoms with Crippen molar-refractivity contribution in [3.05, 3.63) is 24.3 Å². The van der Waals surface area contributed by atoms with E-state index in [1.807, 2.05) is 0 Å². The number of rotatable bonds is 7. The van der Waals surface area contributed by atoms with Crippen molar-refractivity contribution in [2.75, 3.05) is 26.2 Å². The zero-order chi connectivity index (χ0) is 34.3. The molecule has 4 aliphatic heterocycles. The molecule has 12 nitrogen and oxygen atoms in total. The monoisotopic (exact) mass is 662 g/mol. The Bertz CT molecular complexity index is 1430. The predicted octanol–water partition coefficient (Wildman–Crippen LogP) is 2.47. The summed E-state index contributed by atoms with van der Waals surface area (Å²) in [5.41, 5.74) is 0. The molecule has 8 rings (SSSR count). The highest BCUT2D eigenvalue weighted by atomic mass is 16.2. The second-order valence-electron chi connectivity index (χ2n) is 14.7. The molecule has 2 saturated heterocycles. The minimum atomic E-state index is -0.640. The number of fused-ring (bicyclic) bond motifs is 4. The molecule has 48 heavy (non-hydrogen) atoms. The van der Waals surface area contributed by atoms with Crippen LogP contribution < -0.4 is 0 Å². The first-order chi connectivity index (χ1) is 23.0. The van der Waals surface area contributed by atoms with Gasteiger partial charge in [0.25, 0.3) is 23.6 Å². The van der Waals surface area contributed by atoms with Crippen LogP contribution in [0.2, 0.25) is 0 Å². The molecule has 0 aromatic carbocycles. The standard InChI is InChI=1S/C18H24N2O4.C12H15NO2.C6H7NO2/c1-2-19-15(21)7-13(17(19)23)14-8-16(22)20(18(14)24)9-12-6-10-3-4-11(12)5-10;14-11-3-4-12(15)13(11)7-10-6-8-1-2-9(10)5-8;1-2-7-5(8)3-4-6(7)9/h10-14H,2-9H2,1H3;3-4,8-10H,1-2,5-7H2;3-4H,2H2,1H3. The van der Waals surface area contributed by atoms with Crippen LogP contribution in [0.3, 0.4) is 0 Å². The zero-order valence-corrected chi connectivity index (χ0v) is 27.9. The van der Waals surface area contributed by atoms with Gasteiger partial charge in [0.2, 0.25) is 23.6 Å². The third kappa shape index (κ3) is 6.54. The van der Waals surface area contributed by atoms with E-state index >= 15 is 0 Å². The van der Waals surface area contributed by atoms with Gasteiger partial charge in [-0.05, 0) is 87.9 Å². The van der Waals surface area contributed by atoms with Crippen molar-refractivity contribution in [1.82, 2.24) is 19.6 Å². The Morgan fingerprint density at radius 1 is 0.500 bits per heavy atom. The van der Waals surface area contributed by atoms with Crippen LogP contribution >= 0.6 is 0 Å². The topological polar surface area (TPSA) is 150 Å². The molecule has 8 atom stereocenters. The number of hydrogen-bond donors (Lipinski definition) is 0. The molecule has 8 aliphatic rings. The van der Waals surface area contributed by atoms with Gasteiger partial charge in [-0.1, -0.05) is 12.8 Å². The molecular weight excluding hydrogens is 616 g/mol. The van der Waals surface area contributed by atoms with E-state index in [1.165, 1.54) is 88.8 Å². The minimum Gasteiger partial charge on any atom is -0.283 e. The average molecular weight is 663 g/mol. The highest BCUT2D eigenvalue weighted by molar-refractivity contribution is 6.13. The minimum absolute atomic E-state index is 0.0678. The molecule has 0 N–H and O–H groups in total. The van der Waals surface area contributed by atoms with E-state index in [0.29, 0.717) is 43.9 Å². The van der Waals surface area contributed by atoms with Crippen molar-refractivity contribution in [3.8, 4) is 0 Å². The largest absolute Gasteiger partial charge is 0.283 e. The normalized spacial score (nSPS) is 34.8. The molecule has 8 amide bonds. The molecule has 0 aromatic heterocycles. The summed E-state index contributed by atoms with van der Waals surface area (Å²) in [5, 5.41) is 0. The molecule has 258 valence electrons. The van der Waals surface area contributed by atoms with Crippen molar-refractivity contribution in [2.45, 2.75) is 78.1 Å². The van der Waals surface area contributed by atoms with Crippen LogP contribution in [0.15, 0.2) is 24.3 Å². The summed E-state index contributed by atoms with van der Waals surface area (Å²) in [5.74, 6) is 1.26. The lowest BCUT2D eigenvalue weighted by Gasteiger charge is -2.26. The molecular formula is C36H46N4O8. The predicted molar refractivity (Wildman–Crippen MR) is 171 cm³/mol. The summed E-state index contributed by atoms with van der Waals surface area (Å²) >= 11 is 0. The Morgan fingerprint density at radius 3 is 1.25 bits per heavy atom. The van der Waals surface area contributed by atoms with Crippen molar-refractivity contribution in [3.63, 3.8) is 0 Å². The van der Waals surface area contributed by atoms with Gasteiger partial charge in [-0.15, -0.1) is 0 Å². The smallest absolute Gasteiger partial charge is 0.253 e. The number of carbonyl (C=O) groups is 8. The zero-order valence-electron chi connectivity index (χ0n) is 27.9. The number of amides is 8. The van der Waals surface area contributed by atoms with E-state index in [-0.39, 0.29) is 60.1 Å². The molecule has 0 aromatic rings. The number of likely N-dealkylation sites (tertiary alicyclic amines) is 2. The highest BCUT2D eigenvalue weighted by Crippen LogP contribution is 2.50. The fourth-order valence-corrected chi connectivity index (χ4v) is 9.59. The van der Waals surface area contributed by atoms with E-state index in [2.05, 4.69) is 0 Å². The number of hydrogen-bond acceptors (Lipinski definition) is 8. The first-order valence-corrected chi connectivity index (χ1v) is 17.7. The molecule has 6 fully saturated rings. The second-order valence-corrected chi connectivity index (χ2v) is 14.7. The summed E-state index contributed by atoms with van der Waals surface area (Å²) in [6, 6.07) is 0. The van der Waals surface area contributed by atoms with E-state index in [4.69, 9.17) is 0 Å².